The van der Waals surface area contributed by atoms with Crippen LogP contribution in [-0.4, -0.2) is 44.3 Å². The number of amides is 2. The number of carbonyl (C=O) groups excluding carboxylic acids is 2. The molecule has 0 aliphatic carbocycles. The normalized spacial score (nSPS) is 11.9. The molecule has 0 aromatic heterocycles. The Hall–Kier alpha value is -3.95. The fraction of sp³-hybridized carbons (Fsp3) is 0.257. The number of rotatable bonds is 14. The molecular weight excluding hydrogens is 638 g/mol. The number of hydrogen-bond acceptors (Lipinski definition) is 4. The molecule has 4 aromatic carbocycles. The van der Waals surface area contributed by atoms with E-state index in [4.69, 9.17) is 0 Å². The number of anilines is 1. The van der Waals surface area contributed by atoms with Crippen molar-refractivity contribution in [1.82, 2.24) is 10.2 Å². The van der Waals surface area contributed by atoms with Crippen molar-refractivity contribution >= 4 is 43.5 Å². The minimum atomic E-state index is -4.14. The number of halogens is 1. The molecule has 0 radical (unpaired) electrons. The first kappa shape index (κ1) is 33.0. The van der Waals surface area contributed by atoms with Gasteiger partial charge in [-0.3, -0.25) is 13.9 Å². The summed E-state index contributed by atoms with van der Waals surface area (Å²) in [5, 5.41) is 3.01. The molecule has 1 atom stereocenters. The third-order valence-electron chi connectivity index (χ3n) is 7.30. The van der Waals surface area contributed by atoms with E-state index >= 15 is 0 Å². The molecule has 0 heterocycles. The first-order chi connectivity index (χ1) is 21.2. The van der Waals surface area contributed by atoms with Gasteiger partial charge in [0.15, 0.2) is 0 Å². The zero-order valence-electron chi connectivity index (χ0n) is 25.0. The van der Waals surface area contributed by atoms with Gasteiger partial charge in [-0.15, -0.1) is 0 Å². The van der Waals surface area contributed by atoms with Crippen LogP contribution in [0.4, 0.5) is 5.69 Å². The van der Waals surface area contributed by atoms with Crippen molar-refractivity contribution in [2.45, 2.75) is 50.6 Å². The van der Waals surface area contributed by atoms with Gasteiger partial charge >= 0.3 is 0 Å². The highest BCUT2D eigenvalue weighted by Crippen LogP contribution is 2.27. The number of unbranched alkanes of at least 4 members (excludes halogenated alkanes) is 1. The summed E-state index contributed by atoms with van der Waals surface area (Å²) in [5.41, 5.74) is 2.98. The Balaban J connectivity index is 1.77. The van der Waals surface area contributed by atoms with Crippen LogP contribution < -0.4 is 9.62 Å². The van der Waals surface area contributed by atoms with Crippen molar-refractivity contribution in [3.8, 4) is 0 Å². The van der Waals surface area contributed by atoms with Crippen molar-refractivity contribution < 1.29 is 18.0 Å². The van der Waals surface area contributed by atoms with E-state index in [2.05, 4.69) is 21.2 Å². The SMILES string of the molecule is CCCCNC(=O)C(Cc1ccccc1)N(Cc1ccccc1)C(=O)CN(c1ccc(Br)cc1)S(=O)(=O)c1ccc(C)cc1. The van der Waals surface area contributed by atoms with Gasteiger partial charge in [-0.2, -0.15) is 0 Å². The molecule has 44 heavy (non-hydrogen) atoms. The van der Waals surface area contributed by atoms with Crippen molar-refractivity contribution in [3.05, 3.63) is 130 Å². The van der Waals surface area contributed by atoms with Crippen LogP contribution in [0.1, 0.15) is 36.5 Å². The maximum Gasteiger partial charge on any atom is 0.264 e. The Morgan fingerprint density at radius 3 is 2.00 bits per heavy atom. The number of sulfonamides is 1. The average Bonchev–Trinajstić information content (AvgIpc) is 3.03. The van der Waals surface area contributed by atoms with Crippen LogP contribution in [0.3, 0.4) is 0 Å². The van der Waals surface area contributed by atoms with Gasteiger partial charge in [-0.25, -0.2) is 8.42 Å². The maximum absolute atomic E-state index is 14.4. The summed E-state index contributed by atoms with van der Waals surface area (Å²) in [6, 6.07) is 31.4. The van der Waals surface area contributed by atoms with E-state index < -0.39 is 28.5 Å². The van der Waals surface area contributed by atoms with Gasteiger partial charge in [0.05, 0.1) is 10.6 Å². The molecule has 0 aliphatic heterocycles. The lowest BCUT2D eigenvalue weighted by Crippen LogP contribution is -2.53. The lowest BCUT2D eigenvalue weighted by atomic mass is 10.0. The molecule has 0 saturated heterocycles. The Labute approximate surface area is 269 Å². The van der Waals surface area contributed by atoms with Crippen LogP contribution in [0, 0.1) is 6.92 Å². The van der Waals surface area contributed by atoms with Crippen LogP contribution in [0.25, 0.3) is 0 Å². The topological polar surface area (TPSA) is 86.8 Å². The standard InChI is InChI=1S/C35H38BrN3O4S/c1-3-4-23-37-35(41)33(24-28-11-7-5-8-12-28)38(25-29-13-9-6-10-14-29)34(40)26-39(31-19-17-30(36)18-20-31)44(42,43)32-21-15-27(2)16-22-32/h5-22,33H,3-4,23-26H2,1-2H3,(H,37,41). The zero-order valence-corrected chi connectivity index (χ0v) is 27.4. The van der Waals surface area contributed by atoms with Crippen LogP contribution >= 0.6 is 15.9 Å². The third-order valence-corrected chi connectivity index (χ3v) is 9.62. The van der Waals surface area contributed by atoms with E-state index in [1.54, 1.807) is 48.5 Å². The smallest absolute Gasteiger partial charge is 0.264 e. The number of hydrogen-bond donors (Lipinski definition) is 1. The van der Waals surface area contributed by atoms with Gasteiger partial charge in [0.2, 0.25) is 11.8 Å². The lowest BCUT2D eigenvalue weighted by Gasteiger charge is -2.34. The minimum absolute atomic E-state index is 0.0755. The number of nitrogens with one attached hydrogen (secondary N) is 1. The predicted octanol–water partition coefficient (Wildman–Crippen LogP) is 6.51. The van der Waals surface area contributed by atoms with Gasteiger partial charge in [0.1, 0.15) is 12.6 Å². The highest BCUT2D eigenvalue weighted by Gasteiger charge is 2.34. The van der Waals surface area contributed by atoms with E-state index in [-0.39, 0.29) is 23.8 Å². The van der Waals surface area contributed by atoms with E-state index in [1.165, 1.54) is 4.90 Å². The van der Waals surface area contributed by atoms with Crippen molar-refractivity contribution in [2.24, 2.45) is 0 Å². The van der Waals surface area contributed by atoms with Gasteiger partial charge in [-0.05, 0) is 60.9 Å². The monoisotopic (exact) mass is 675 g/mol. The van der Waals surface area contributed by atoms with Crippen molar-refractivity contribution in [1.29, 1.82) is 0 Å². The molecule has 1 unspecified atom stereocenters. The van der Waals surface area contributed by atoms with Crippen molar-refractivity contribution in [2.75, 3.05) is 17.4 Å². The summed E-state index contributed by atoms with van der Waals surface area (Å²) in [5.74, 6) is -0.762. The second-order valence-corrected chi connectivity index (χ2v) is 13.4. The molecule has 4 aromatic rings. The molecule has 2 amide bonds. The molecule has 0 aliphatic rings. The summed E-state index contributed by atoms with van der Waals surface area (Å²) in [4.78, 5) is 29.8. The molecule has 7 nitrogen and oxygen atoms in total. The van der Waals surface area contributed by atoms with E-state index in [0.717, 1.165) is 38.3 Å². The molecule has 4 rings (SSSR count). The van der Waals surface area contributed by atoms with E-state index in [1.807, 2.05) is 74.5 Å². The van der Waals surface area contributed by atoms with Gasteiger partial charge in [0, 0.05) is 24.0 Å². The summed E-state index contributed by atoms with van der Waals surface area (Å²) in [6.45, 7) is 4.06. The van der Waals surface area contributed by atoms with Crippen LogP contribution in [0.15, 0.2) is 119 Å². The Kier molecular flexibility index (Phi) is 11.7. The van der Waals surface area contributed by atoms with Gasteiger partial charge < -0.3 is 10.2 Å². The number of aryl methyl sites for hydroxylation is 1. The molecule has 0 spiro atoms. The fourth-order valence-corrected chi connectivity index (χ4v) is 6.49. The second-order valence-electron chi connectivity index (χ2n) is 10.7. The van der Waals surface area contributed by atoms with Crippen LogP contribution in [0.2, 0.25) is 0 Å². The molecule has 9 heteroatoms. The molecule has 230 valence electrons. The zero-order chi connectivity index (χ0) is 31.5. The van der Waals surface area contributed by atoms with Gasteiger partial charge in [0.25, 0.3) is 10.0 Å². The van der Waals surface area contributed by atoms with Crippen LogP contribution in [-0.2, 0) is 32.6 Å². The van der Waals surface area contributed by atoms with E-state index in [9.17, 15) is 18.0 Å². The second kappa shape index (κ2) is 15.7. The van der Waals surface area contributed by atoms with Crippen LogP contribution in [0.5, 0.6) is 0 Å². The largest absolute Gasteiger partial charge is 0.354 e. The summed E-state index contributed by atoms with van der Waals surface area (Å²) in [7, 11) is -4.14. The molecule has 0 bridgehead atoms. The number of carbonyl (C=O) groups is 2. The minimum Gasteiger partial charge on any atom is -0.354 e. The third kappa shape index (κ3) is 8.80. The first-order valence-electron chi connectivity index (χ1n) is 14.7. The Bertz CT molecular complexity index is 1610. The summed E-state index contributed by atoms with van der Waals surface area (Å²) in [6.07, 6.45) is 2.00. The highest BCUT2D eigenvalue weighted by atomic mass is 79.9. The molecule has 0 saturated carbocycles. The Morgan fingerprint density at radius 1 is 0.818 bits per heavy atom. The molecule has 0 fully saturated rings. The molecule has 1 N–H and O–H groups in total. The summed E-state index contributed by atoms with van der Waals surface area (Å²) >= 11 is 3.41. The average molecular weight is 677 g/mol. The van der Waals surface area contributed by atoms with E-state index in [0.29, 0.717) is 12.2 Å². The first-order valence-corrected chi connectivity index (χ1v) is 16.9. The molecular formula is C35H38BrN3O4S. The summed E-state index contributed by atoms with van der Waals surface area (Å²) < 4.78 is 30.1. The lowest BCUT2D eigenvalue weighted by molar-refractivity contribution is -0.140. The van der Waals surface area contributed by atoms with Crippen molar-refractivity contribution in [3.63, 3.8) is 0 Å². The number of nitrogens with zero attached hydrogens (tertiary/aromatic N) is 2. The maximum atomic E-state index is 14.4. The predicted molar refractivity (Wildman–Crippen MR) is 179 cm³/mol. The Morgan fingerprint density at radius 2 is 1.41 bits per heavy atom. The van der Waals surface area contributed by atoms with Gasteiger partial charge in [-0.1, -0.05) is 108 Å². The number of benzene rings is 4. The highest BCUT2D eigenvalue weighted by molar-refractivity contribution is 9.10. The quantitative estimate of drug-likeness (QED) is 0.154. The fourth-order valence-electron chi connectivity index (χ4n) is 4.81.